The molecule has 5 rings (SSSR count). The minimum Gasteiger partial charge on any atom is -0.457 e. The van der Waals surface area contributed by atoms with Crippen molar-refractivity contribution < 1.29 is 14.3 Å². The van der Waals surface area contributed by atoms with Crippen LogP contribution in [0.15, 0.2) is 72.9 Å². The van der Waals surface area contributed by atoms with Crippen LogP contribution in [0.2, 0.25) is 0 Å². The fourth-order valence-corrected chi connectivity index (χ4v) is 3.78. The van der Waals surface area contributed by atoms with Gasteiger partial charge in [-0.05, 0) is 55.5 Å². The Kier molecular flexibility index (Phi) is 5.87. The van der Waals surface area contributed by atoms with Gasteiger partial charge in [0.2, 0.25) is 0 Å². The number of aromatic nitrogens is 2. The Bertz CT molecular complexity index is 1270. The predicted octanol–water partition coefficient (Wildman–Crippen LogP) is 4.95. The number of anilines is 2. The first-order valence-electron chi connectivity index (χ1n) is 10.9. The summed E-state index contributed by atoms with van der Waals surface area (Å²) in [6.07, 6.45) is 1.61. The zero-order chi connectivity index (χ0) is 22.6. The minimum atomic E-state index is -0.0696. The molecule has 2 aromatic heterocycles. The van der Waals surface area contributed by atoms with Gasteiger partial charge in [-0.3, -0.25) is 4.79 Å². The molecule has 2 aromatic carbocycles. The number of rotatable bonds is 5. The summed E-state index contributed by atoms with van der Waals surface area (Å²) in [7, 11) is 0. The van der Waals surface area contributed by atoms with Crippen LogP contribution in [0.3, 0.4) is 0 Å². The number of hydrogen-bond acceptors (Lipinski definition) is 6. The molecule has 0 bridgehead atoms. The number of amides is 1. The molecular weight excluding hydrogens is 416 g/mol. The van der Waals surface area contributed by atoms with Gasteiger partial charge in [0.15, 0.2) is 5.65 Å². The van der Waals surface area contributed by atoms with Gasteiger partial charge in [0.25, 0.3) is 5.91 Å². The molecule has 1 aliphatic rings. The first-order valence-corrected chi connectivity index (χ1v) is 10.9. The number of benzene rings is 2. The van der Waals surface area contributed by atoms with E-state index in [2.05, 4.69) is 15.3 Å². The quantitative estimate of drug-likeness (QED) is 0.473. The van der Waals surface area contributed by atoms with Crippen molar-refractivity contribution in [1.29, 1.82) is 0 Å². The van der Waals surface area contributed by atoms with E-state index in [4.69, 9.17) is 9.47 Å². The van der Waals surface area contributed by atoms with E-state index < -0.39 is 0 Å². The molecule has 1 N–H and O–H groups in total. The van der Waals surface area contributed by atoms with Crippen molar-refractivity contribution in [3.63, 3.8) is 0 Å². The maximum absolute atomic E-state index is 13.3. The summed E-state index contributed by atoms with van der Waals surface area (Å²) in [5.41, 5.74) is 3.51. The summed E-state index contributed by atoms with van der Waals surface area (Å²) >= 11 is 0. The van der Waals surface area contributed by atoms with Crippen molar-refractivity contribution >= 4 is 28.3 Å². The molecular formula is C26H24N4O3. The Hall–Kier alpha value is -3.97. The molecule has 33 heavy (non-hydrogen) atoms. The molecule has 0 unspecified atom stereocenters. The van der Waals surface area contributed by atoms with Gasteiger partial charge in [-0.1, -0.05) is 18.2 Å². The number of pyridine rings is 2. The molecule has 0 aliphatic carbocycles. The van der Waals surface area contributed by atoms with Crippen molar-refractivity contribution in [2.45, 2.75) is 6.92 Å². The van der Waals surface area contributed by atoms with E-state index in [1.54, 1.807) is 11.1 Å². The Labute approximate surface area is 192 Å². The first kappa shape index (κ1) is 20.9. The third-order valence-corrected chi connectivity index (χ3v) is 5.50. The zero-order valence-corrected chi connectivity index (χ0v) is 18.3. The van der Waals surface area contributed by atoms with E-state index in [9.17, 15) is 4.79 Å². The number of carbonyl (C=O) groups is 1. The molecule has 0 radical (unpaired) electrons. The fraction of sp³-hybridized carbons (Fsp3) is 0.192. The van der Waals surface area contributed by atoms with Crippen LogP contribution < -0.4 is 10.1 Å². The van der Waals surface area contributed by atoms with E-state index in [0.717, 1.165) is 28.3 Å². The van der Waals surface area contributed by atoms with Crippen molar-refractivity contribution in [2.24, 2.45) is 0 Å². The second kappa shape index (κ2) is 9.26. The summed E-state index contributed by atoms with van der Waals surface area (Å²) in [6.45, 7) is 4.13. The molecule has 1 amide bonds. The van der Waals surface area contributed by atoms with Gasteiger partial charge in [-0.2, -0.15) is 0 Å². The monoisotopic (exact) mass is 440 g/mol. The number of fused-ring (bicyclic) bond motifs is 1. The third kappa shape index (κ3) is 4.63. The maximum atomic E-state index is 13.3. The topological polar surface area (TPSA) is 76.6 Å². The number of ether oxygens (including phenoxy) is 2. The van der Waals surface area contributed by atoms with Gasteiger partial charge in [0.05, 0.1) is 24.5 Å². The smallest absolute Gasteiger partial charge is 0.257 e. The number of aryl methyl sites for hydroxylation is 1. The molecule has 1 fully saturated rings. The largest absolute Gasteiger partial charge is 0.457 e. The normalized spacial score (nSPS) is 13.7. The number of carbonyl (C=O) groups excluding carboxylic acids is 1. The Balaban J connectivity index is 1.47. The second-order valence-electron chi connectivity index (χ2n) is 7.84. The van der Waals surface area contributed by atoms with E-state index in [1.165, 1.54) is 0 Å². The lowest BCUT2D eigenvalue weighted by Crippen LogP contribution is -2.41. The fourth-order valence-electron chi connectivity index (χ4n) is 3.78. The van der Waals surface area contributed by atoms with E-state index in [-0.39, 0.29) is 5.91 Å². The summed E-state index contributed by atoms with van der Waals surface area (Å²) in [5.74, 6) is 1.44. The number of nitrogens with one attached hydrogen (secondary N) is 1. The van der Waals surface area contributed by atoms with Crippen LogP contribution in [0.1, 0.15) is 16.1 Å². The van der Waals surface area contributed by atoms with Crippen LogP contribution in [-0.4, -0.2) is 47.1 Å². The minimum absolute atomic E-state index is 0.0696. The SMILES string of the molecule is Cc1ccc2c(Nc3ccc(Oc4ccccc4)cc3)c(C(=O)N3CCOCC3)cnc2n1. The zero-order valence-electron chi connectivity index (χ0n) is 18.3. The molecule has 0 atom stereocenters. The summed E-state index contributed by atoms with van der Waals surface area (Å²) < 4.78 is 11.3. The van der Waals surface area contributed by atoms with Crippen LogP contribution in [-0.2, 0) is 4.74 Å². The van der Waals surface area contributed by atoms with E-state index in [1.807, 2.05) is 73.7 Å². The molecule has 7 heteroatoms. The average molecular weight is 441 g/mol. The third-order valence-electron chi connectivity index (χ3n) is 5.50. The lowest BCUT2D eigenvalue weighted by molar-refractivity contribution is 0.0303. The molecule has 3 heterocycles. The van der Waals surface area contributed by atoms with Crippen LogP contribution in [0, 0.1) is 6.92 Å². The second-order valence-corrected chi connectivity index (χ2v) is 7.84. The average Bonchev–Trinajstić information content (AvgIpc) is 2.86. The van der Waals surface area contributed by atoms with Crippen molar-refractivity contribution in [2.75, 3.05) is 31.6 Å². The lowest BCUT2D eigenvalue weighted by atomic mass is 10.1. The van der Waals surface area contributed by atoms with Crippen molar-refractivity contribution in [3.8, 4) is 11.5 Å². The highest BCUT2D eigenvalue weighted by Crippen LogP contribution is 2.31. The maximum Gasteiger partial charge on any atom is 0.257 e. The first-order chi connectivity index (χ1) is 16.2. The summed E-state index contributed by atoms with van der Waals surface area (Å²) in [6, 6.07) is 21.2. The van der Waals surface area contributed by atoms with Gasteiger partial charge >= 0.3 is 0 Å². The Morgan fingerprint density at radius 1 is 0.970 bits per heavy atom. The van der Waals surface area contributed by atoms with Gasteiger partial charge in [0, 0.05) is 36.1 Å². The van der Waals surface area contributed by atoms with Gasteiger partial charge in [0.1, 0.15) is 11.5 Å². The molecule has 4 aromatic rings. The molecule has 1 aliphatic heterocycles. The Morgan fingerprint density at radius 2 is 1.70 bits per heavy atom. The molecule has 7 nitrogen and oxygen atoms in total. The predicted molar refractivity (Wildman–Crippen MR) is 127 cm³/mol. The van der Waals surface area contributed by atoms with Crippen LogP contribution in [0.4, 0.5) is 11.4 Å². The standard InChI is InChI=1S/C26H24N4O3/c1-18-7-12-22-24(23(17-27-25(22)28-18)26(31)30-13-15-32-16-14-30)29-19-8-10-21(11-9-19)33-20-5-3-2-4-6-20/h2-12,17H,13-16H2,1H3,(H,27,28,29). The number of nitrogens with zero attached hydrogens (tertiary/aromatic N) is 3. The molecule has 0 spiro atoms. The van der Waals surface area contributed by atoms with Gasteiger partial charge < -0.3 is 19.7 Å². The number of hydrogen-bond donors (Lipinski definition) is 1. The van der Waals surface area contributed by atoms with Crippen LogP contribution >= 0.6 is 0 Å². The van der Waals surface area contributed by atoms with Crippen LogP contribution in [0.5, 0.6) is 11.5 Å². The van der Waals surface area contributed by atoms with Gasteiger partial charge in [-0.25, -0.2) is 9.97 Å². The van der Waals surface area contributed by atoms with Crippen LogP contribution in [0.25, 0.3) is 11.0 Å². The van der Waals surface area contributed by atoms with Gasteiger partial charge in [-0.15, -0.1) is 0 Å². The van der Waals surface area contributed by atoms with Crippen molar-refractivity contribution in [3.05, 3.63) is 84.2 Å². The van der Waals surface area contributed by atoms with E-state index >= 15 is 0 Å². The highest BCUT2D eigenvalue weighted by atomic mass is 16.5. The van der Waals surface area contributed by atoms with Crippen molar-refractivity contribution in [1.82, 2.24) is 14.9 Å². The highest BCUT2D eigenvalue weighted by Gasteiger charge is 2.23. The lowest BCUT2D eigenvalue weighted by Gasteiger charge is -2.27. The summed E-state index contributed by atoms with van der Waals surface area (Å²) in [5, 5.41) is 4.23. The highest BCUT2D eigenvalue weighted by molar-refractivity contribution is 6.07. The number of para-hydroxylation sites is 1. The Morgan fingerprint density at radius 3 is 2.45 bits per heavy atom. The van der Waals surface area contributed by atoms with E-state index in [0.29, 0.717) is 43.2 Å². The molecule has 1 saturated heterocycles. The molecule has 0 saturated carbocycles. The summed E-state index contributed by atoms with van der Waals surface area (Å²) in [4.78, 5) is 24.1. The number of morpholine rings is 1. The molecule has 166 valence electrons.